The normalized spacial score (nSPS) is 11.8. The quantitative estimate of drug-likeness (QED) is 0.841. The van der Waals surface area contributed by atoms with E-state index in [2.05, 4.69) is 4.98 Å². The molecule has 0 bridgehead atoms. The molecule has 1 heterocycles. The molecule has 0 aliphatic rings. The molecule has 0 fully saturated rings. The molecule has 0 saturated carbocycles. The summed E-state index contributed by atoms with van der Waals surface area (Å²) < 4.78 is 26.5. The summed E-state index contributed by atoms with van der Waals surface area (Å²) in [5.74, 6) is 0. The molecule has 2 aromatic rings. The molecule has 5 nitrogen and oxygen atoms in total. The summed E-state index contributed by atoms with van der Waals surface area (Å²) >= 11 is 6.33. The van der Waals surface area contributed by atoms with Gasteiger partial charge in [0.25, 0.3) is 0 Å². The summed E-state index contributed by atoms with van der Waals surface area (Å²) in [5.41, 5.74) is 9.23. The summed E-state index contributed by atoms with van der Waals surface area (Å²) in [5, 5.41) is 1.83. The van der Waals surface area contributed by atoms with Gasteiger partial charge in [-0.15, -0.1) is 11.3 Å². The lowest BCUT2D eigenvalue weighted by Crippen LogP contribution is -2.27. The SMILES string of the molecule is Cc1cc(C(N)=S)ccc1S(=O)(=O)N(C)Cc1cscn1. The second kappa shape index (κ2) is 6.18. The van der Waals surface area contributed by atoms with Crippen molar-refractivity contribution in [3.63, 3.8) is 0 Å². The lowest BCUT2D eigenvalue weighted by Gasteiger charge is -2.18. The van der Waals surface area contributed by atoms with Crippen LogP contribution in [0.3, 0.4) is 0 Å². The van der Waals surface area contributed by atoms with Crippen LogP contribution in [0.4, 0.5) is 0 Å². The van der Waals surface area contributed by atoms with Gasteiger partial charge in [0.05, 0.1) is 22.6 Å². The van der Waals surface area contributed by atoms with Crippen LogP contribution in [0.2, 0.25) is 0 Å². The highest BCUT2D eigenvalue weighted by molar-refractivity contribution is 7.89. The van der Waals surface area contributed by atoms with Crippen molar-refractivity contribution < 1.29 is 8.42 Å². The number of aromatic nitrogens is 1. The van der Waals surface area contributed by atoms with Gasteiger partial charge in [-0.1, -0.05) is 18.3 Å². The molecule has 8 heteroatoms. The molecular formula is C13H15N3O2S3. The van der Waals surface area contributed by atoms with E-state index in [1.165, 1.54) is 28.8 Å². The third kappa shape index (κ3) is 3.46. The highest BCUT2D eigenvalue weighted by Gasteiger charge is 2.23. The van der Waals surface area contributed by atoms with Crippen LogP contribution < -0.4 is 5.73 Å². The first-order valence-electron chi connectivity index (χ1n) is 6.06. The molecule has 1 aromatic carbocycles. The number of sulfonamides is 1. The lowest BCUT2D eigenvalue weighted by atomic mass is 10.1. The summed E-state index contributed by atoms with van der Waals surface area (Å²) in [6.07, 6.45) is 0. The monoisotopic (exact) mass is 341 g/mol. The number of hydrogen-bond acceptors (Lipinski definition) is 5. The van der Waals surface area contributed by atoms with Crippen molar-refractivity contribution in [2.24, 2.45) is 5.73 Å². The molecule has 0 atom stereocenters. The van der Waals surface area contributed by atoms with Crippen LogP contribution in [0, 0.1) is 6.92 Å². The van der Waals surface area contributed by atoms with E-state index >= 15 is 0 Å². The highest BCUT2D eigenvalue weighted by Crippen LogP contribution is 2.21. The molecule has 112 valence electrons. The Balaban J connectivity index is 2.33. The molecule has 0 amide bonds. The third-order valence-electron chi connectivity index (χ3n) is 3.02. The molecule has 0 unspecified atom stereocenters. The van der Waals surface area contributed by atoms with E-state index in [-0.39, 0.29) is 16.4 Å². The zero-order valence-corrected chi connectivity index (χ0v) is 14.1. The number of thiocarbonyl (C=S) groups is 1. The number of aryl methyl sites for hydroxylation is 1. The third-order valence-corrected chi connectivity index (χ3v) is 5.85. The molecule has 0 spiro atoms. The number of nitrogens with zero attached hydrogens (tertiary/aromatic N) is 2. The first-order valence-corrected chi connectivity index (χ1v) is 8.85. The van der Waals surface area contributed by atoms with Gasteiger partial charge in [0.15, 0.2) is 0 Å². The Morgan fingerprint density at radius 3 is 2.71 bits per heavy atom. The van der Waals surface area contributed by atoms with Gasteiger partial charge in [-0.05, 0) is 24.6 Å². The minimum atomic E-state index is -3.57. The van der Waals surface area contributed by atoms with Crippen LogP contribution in [0.1, 0.15) is 16.8 Å². The van der Waals surface area contributed by atoms with E-state index in [0.29, 0.717) is 11.1 Å². The maximum Gasteiger partial charge on any atom is 0.243 e. The molecule has 0 aliphatic heterocycles. The summed E-state index contributed by atoms with van der Waals surface area (Å²) in [6, 6.07) is 4.85. The number of rotatable bonds is 5. The Kier molecular flexibility index (Phi) is 4.72. The minimum absolute atomic E-state index is 0.238. The summed E-state index contributed by atoms with van der Waals surface area (Å²) in [6.45, 7) is 1.97. The van der Waals surface area contributed by atoms with Gasteiger partial charge in [-0.25, -0.2) is 13.4 Å². The maximum atomic E-state index is 12.6. The summed E-state index contributed by atoms with van der Waals surface area (Å²) in [4.78, 5) is 4.60. The zero-order valence-electron chi connectivity index (χ0n) is 11.6. The molecule has 0 saturated heterocycles. The van der Waals surface area contributed by atoms with Crippen LogP contribution >= 0.6 is 23.6 Å². The maximum absolute atomic E-state index is 12.6. The minimum Gasteiger partial charge on any atom is -0.389 e. The Morgan fingerprint density at radius 2 is 2.19 bits per heavy atom. The molecule has 0 aliphatic carbocycles. The molecule has 2 rings (SSSR count). The van der Waals surface area contributed by atoms with Crippen LogP contribution in [0.5, 0.6) is 0 Å². The fourth-order valence-corrected chi connectivity index (χ4v) is 3.91. The Labute approximate surface area is 133 Å². The number of benzene rings is 1. The van der Waals surface area contributed by atoms with Gasteiger partial charge >= 0.3 is 0 Å². The van der Waals surface area contributed by atoms with Crippen molar-refractivity contribution in [3.8, 4) is 0 Å². The first-order chi connectivity index (χ1) is 9.82. The van der Waals surface area contributed by atoms with Gasteiger partial charge in [0, 0.05) is 18.0 Å². The van der Waals surface area contributed by atoms with Crippen molar-refractivity contribution in [3.05, 3.63) is 45.9 Å². The van der Waals surface area contributed by atoms with Gasteiger partial charge in [-0.3, -0.25) is 0 Å². The van der Waals surface area contributed by atoms with Gasteiger partial charge in [0.1, 0.15) is 4.99 Å². The van der Waals surface area contributed by atoms with Crippen LogP contribution in [-0.2, 0) is 16.6 Å². The average molecular weight is 341 g/mol. The van der Waals surface area contributed by atoms with Crippen molar-refractivity contribution in [2.75, 3.05) is 7.05 Å². The van der Waals surface area contributed by atoms with Crippen molar-refractivity contribution in [1.29, 1.82) is 0 Å². The number of nitrogens with two attached hydrogens (primary N) is 1. The molecule has 21 heavy (non-hydrogen) atoms. The van der Waals surface area contributed by atoms with E-state index < -0.39 is 10.0 Å². The van der Waals surface area contributed by atoms with Crippen LogP contribution in [0.25, 0.3) is 0 Å². The second-order valence-electron chi connectivity index (χ2n) is 4.59. The standard InChI is InChI=1S/C13H15N3O2S3/c1-9-5-10(13(14)19)3-4-12(9)21(17,18)16(2)6-11-7-20-8-15-11/h3-5,7-8H,6H2,1-2H3,(H2,14,19). The van der Waals surface area contributed by atoms with Crippen molar-refractivity contribution >= 4 is 38.6 Å². The van der Waals surface area contributed by atoms with Gasteiger partial charge < -0.3 is 5.73 Å². The van der Waals surface area contributed by atoms with Gasteiger partial charge in [-0.2, -0.15) is 4.31 Å². The first kappa shape index (κ1) is 16.0. The average Bonchev–Trinajstić information content (AvgIpc) is 2.90. The Bertz CT molecular complexity index is 755. The largest absolute Gasteiger partial charge is 0.389 e. The fraction of sp³-hybridized carbons (Fsp3) is 0.231. The zero-order chi connectivity index (χ0) is 15.6. The predicted molar refractivity (Wildman–Crippen MR) is 87.8 cm³/mol. The Morgan fingerprint density at radius 1 is 1.48 bits per heavy atom. The Hall–Kier alpha value is -1.35. The smallest absolute Gasteiger partial charge is 0.243 e. The van der Waals surface area contributed by atoms with E-state index in [1.807, 2.05) is 5.38 Å². The molecule has 2 N–H and O–H groups in total. The summed E-state index contributed by atoms with van der Waals surface area (Å²) in [7, 11) is -2.04. The van der Waals surface area contributed by atoms with Crippen molar-refractivity contribution in [1.82, 2.24) is 9.29 Å². The molecule has 1 aromatic heterocycles. The van der Waals surface area contributed by atoms with E-state index in [0.717, 1.165) is 5.69 Å². The molecule has 0 radical (unpaired) electrons. The van der Waals surface area contributed by atoms with Crippen molar-refractivity contribution in [2.45, 2.75) is 18.4 Å². The van der Waals surface area contributed by atoms with E-state index in [1.54, 1.807) is 24.6 Å². The second-order valence-corrected chi connectivity index (χ2v) is 7.76. The van der Waals surface area contributed by atoms with E-state index in [4.69, 9.17) is 18.0 Å². The highest BCUT2D eigenvalue weighted by atomic mass is 32.2. The number of thiazole rings is 1. The topological polar surface area (TPSA) is 76.3 Å². The predicted octanol–water partition coefficient (Wildman–Crippen LogP) is 1.91. The van der Waals surface area contributed by atoms with Gasteiger partial charge in [0.2, 0.25) is 10.0 Å². The molecular weight excluding hydrogens is 326 g/mol. The van der Waals surface area contributed by atoms with E-state index in [9.17, 15) is 8.42 Å². The fourth-order valence-electron chi connectivity index (χ4n) is 1.89. The van der Waals surface area contributed by atoms with Crippen LogP contribution in [0.15, 0.2) is 34.0 Å². The lowest BCUT2D eigenvalue weighted by molar-refractivity contribution is 0.462. The van der Waals surface area contributed by atoms with Crippen LogP contribution in [-0.4, -0.2) is 29.7 Å². The number of hydrogen-bond donors (Lipinski definition) is 1.